The van der Waals surface area contributed by atoms with E-state index in [1.165, 1.54) is 38.1 Å². The van der Waals surface area contributed by atoms with Crippen LogP contribution in [0.2, 0.25) is 5.02 Å². The van der Waals surface area contributed by atoms with Crippen molar-refractivity contribution in [2.75, 3.05) is 0 Å². The molecule has 0 aromatic heterocycles. The number of halogens is 2. The van der Waals surface area contributed by atoms with E-state index in [0.717, 1.165) is 6.07 Å². The molecule has 0 heterocycles. The van der Waals surface area contributed by atoms with Gasteiger partial charge in [0.2, 0.25) is 0 Å². The van der Waals surface area contributed by atoms with Gasteiger partial charge in [-0.15, -0.1) is 0 Å². The number of ketones is 1. The molecule has 0 spiro atoms. The number of nitro groups is 1. The molecule has 2 aromatic carbocycles. The number of rotatable bonds is 3. The van der Waals surface area contributed by atoms with Crippen molar-refractivity contribution in [2.45, 2.75) is 13.8 Å². The van der Waals surface area contributed by atoms with Gasteiger partial charge in [-0.1, -0.05) is 23.7 Å². The van der Waals surface area contributed by atoms with E-state index in [2.05, 4.69) is 0 Å². The van der Waals surface area contributed by atoms with Gasteiger partial charge in [-0.25, -0.2) is 4.39 Å². The van der Waals surface area contributed by atoms with E-state index < -0.39 is 10.7 Å². The Morgan fingerprint density at radius 1 is 1.33 bits per heavy atom. The van der Waals surface area contributed by atoms with Crippen molar-refractivity contribution in [3.05, 3.63) is 62.4 Å². The summed E-state index contributed by atoms with van der Waals surface area (Å²) in [6, 6.07) is 6.72. The van der Waals surface area contributed by atoms with Gasteiger partial charge in [0.25, 0.3) is 5.69 Å². The molecule has 0 unspecified atom stereocenters. The van der Waals surface area contributed by atoms with Gasteiger partial charge < -0.3 is 0 Å². The van der Waals surface area contributed by atoms with E-state index in [1.54, 1.807) is 0 Å². The maximum atomic E-state index is 13.4. The molecule has 0 fully saturated rings. The van der Waals surface area contributed by atoms with Crippen molar-refractivity contribution in [1.29, 1.82) is 0 Å². The number of Topliss-reactive ketones (excluding diaryl/α,β-unsaturated/α-hetero) is 1. The molecule has 0 aliphatic rings. The van der Waals surface area contributed by atoms with Crippen LogP contribution in [0.15, 0.2) is 30.3 Å². The van der Waals surface area contributed by atoms with Crippen LogP contribution >= 0.6 is 11.6 Å². The molecule has 2 rings (SSSR count). The molecule has 0 amide bonds. The number of carbonyl (C=O) groups excluding carboxylic acids is 1. The number of carbonyl (C=O) groups is 1. The largest absolute Gasteiger partial charge is 0.294 e. The van der Waals surface area contributed by atoms with Crippen molar-refractivity contribution in [1.82, 2.24) is 0 Å². The van der Waals surface area contributed by atoms with Crippen molar-refractivity contribution >= 4 is 23.1 Å². The Morgan fingerprint density at radius 3 is 2.52 bits per heavy atom. The van der Waals surface area contributed by atoms with Crippen molar-refractivity contribution < 1.29 is 14.1 Å². The minimum Gasteiger partial charge on any atom is -0.294 e. The summed E-state index contributed by atoms with van der Waals surface area (Å²) >= 11 is 5.97. The highest BCUT2D eigenvalue weighted by Gasteiger charge is 2.26. The molecule has 0 N–H and O–H groups in total. The molecule has 6 heteroatoms. The van der Waals surface area contributed by atoms with E-state index in [4.69, 9.17) is 11.6 Å². The molecule has 0 aliphatic carbocycles. The third-order valence-corrected chi connectivity index (χ3v) is 3.56. The van der Waals surface area contributed by atoms with Crippen LogP contribution in [0.5, 0.6) is 0 Å². The van der Waals surface area contributed by atoms with E-state index in [9.17, 15) is 19.3 Å². The number of hydrogen-bond acceptors (Lipinski definition) is 3. The Labute approximate surface area is 125 Å². The minimum atomic E-state index is -0.603. The number of benzene rings is 2. The molecular weight excluding hydrogens is 297 g/mol. The zero-order valence-electron chi connectivity index (χ0n) is 11.3. The lowest BCUT2D eigenvalue weighted by molar-refractivity contribution is -0.384. The summed E-state index contributed by atoms with van der Waals surface area (Å²) in [5.74, 6) is -0.914. The van der Waals surface area contributed by atoms with Gasteiger partial charge >= 0.3 is 0 Å². The molecule has 4 nitrogen and oxygen atoms in total. The zero-order valence-corrected chi connectivity index (χ0v) is 12.1. The molecular formula is C15H11ClFNO3. The topological polar surface area (TPSA) is 60.2 Å². The zero-order chi connectivity index (χ0) is 15.7. The maximum absolute atomic E-state index is 13.4. The lowest BCUT2D eigenvalue weighted by Crippen LogP contribution is -2.04. The Bertz CT molecular complexity index is 759. The van der Waals surface area contributed by atoms with Gasteiger partial charge in [0.1, 0.15) is 5.82 Å². The average molecular weight is 308 g/mol. The molecule has 108 valence electrons. The fourth-order valence-corrected chi connectivity index (χ4v) is 2.38. The van der Waals surface area contributed by atoms with Crippen LogP contribution in [0.1, 0.15) is 22.8 Å². The maximum Gasteiger partial charge on any atom is 0.282 e. The standard InChI is InChI=1S/C15H11ClFNO3/c1-8-13(16)7-12(9(2)19)14(15(8)18(20)21)10-4-3-5-11(17)6-10/h3-7H,1-2H3. The van der Waals surface area contributed by atoms with Crippen LogP contribution in [0.25, 0.3) is 11.1 Å². The number of nitro benzene ring substituents is 1. The Hall–Kier alpha value is -2.27. The Morgan fingerprint density at radius 2 is 2.00 bits per heavy atom. The lowest BCUT2D eigenvalue weighted by atomic mass is 9.93. The number of nitrogens with zero attached hydrogens (tertiary/aromatic N) is 1. The van der Waals surface area contributed by atoms with Gasteiger partial charge in [-0.3, -0.25) is 14.9 Å². The summed E-state index contributed by atoms with van der Waals surface area (Å²) in [7, 11) is 0. The average Bonchev–Trinajstić information content (AvgIpc) is 2.40. The van der Waals surface area contributed by atoms with Crippen molar-refractivity contribution in [3.8, 4) is 11.1 Å². The monoisotopic (exact) mass is 307 g/mol. The fourth-order valence-electron chi connectivity index (χ4n) is 2.18. The predicted molar refractivity (Wildman–Crippen MR) is 78.2 cm³/mol. The molecule has 2 aromatic rings. The first-order valence-corrected chi connectivity index (χ1v) is 6.45. The highest BCUT2D eigenvalue weighted by atomic mass is 35.5. The molecule has 21 heavy (non-hydrogen) atoms. The van der Waals surface area contributed by atoms with Crippen LogP contribution < -0.4 is 0 Å². The van der Waals surface area contributed by atoms with E-state index in [0.29, 0.717) is 0 Å². The second kappa shape index (κ2) is 5.61. The quantitative estimate of drug-likeness (QED) is 0.474. The molecule has 0 atom stereocenters. The summed E-state index contributed by atoms with van der Waals surface area (Å²) < 4.78 is 13.4. The number of hydrogen-bond donors (Lipinski definition) is 0. The summed E-state index contributed by atoms with van der Waals surface area (Å²) in [6.07, 6.45) is 0. The van der Waals surface area contributed by atoms with Crippen molar-refractivity contribution in [3.63, 3.8) is 0 Å². The third-order valence-electron chi connectivity index (χ3n) is 3.17. The van der Waals surface area contributed by atoms with Crippen LogP contribution in [-0.4, -0.2) is 10.7 Å². The minimum absolute atomic E-state index is 0.0916. The van der Waals surface area contributed by atoms with Gasteiger partial charge in [0.05, 0.1) is 15.5 Å². The SMILES string of the molecule is CC(=O)c1cc(Cl)c(C)c([N+](=O)[O-])c1-c1cccc(F)c1. The first-order chi connectivity index (χ1) is 9.82. The van der Waals surface area contributed by atoms with Crippen molar-refractivity contribution in [2.24, 2.45) is 0 Å². The molecule has 0 saturated heterocycles. The second-order valence-electron chi connectivity index (χ2n) is 4.58. The van der Waals surface area contributed by atoms with Gasteiger partial charge in [0, 0.05) is 11.1 Å². The first kappa shape index (κ1) is 15.1. The second-order valence-corrected chi connectivity index (χ2v) is 4.99. The Kier molecular flexibility index (Phi) is 4.04. The summed E-state index contributed by atoms with van der Waals surface area (Å²) in [6.45, 7) is 2.78. The first-order valence-electron chi connectivity index (χ1n) is 6.07. The Balaban J connectivity index is 2.93. The third kappa shape index (κ3) is 2.78. The van der Waals surface area contributed by atoms with Crippen LogP contribution in [0.3, 0.4) is 0 Å². The van der Waals surface area contributed by atoms with E-state index >= 15 is 0 Å². The lowest BCUT2D eigenvalue weighted by Gasteiger charge is -2.12. The van der Waals surface area contributed by atoms with Crippen LogP contribution in [0, 0.1) is 22.9 Å². The van der Waals surface area contributed by atoms with Gasteiger partial charge in [-0.05, 0) is 37.6 Å². The van der Waals surface area contributed by atoms with E-state index in [1.807, 2.05) is 0 Å². The predicted octanol–water partition coefficient (Wildman–Crippen LogP) is 4.57. The molecule has 0 radical (unpaired) electrons. The highest BCUT2D eigenvalue weighted by molar-refractivity contribution is 6.32. The molecule has 0 bridgehead atoms. The molecule has 0 saturated carbocycles. The molecule has 0 aliphatic heterocycles. The fraction of sp³-hybridized carbons (Fsp3) is 0.133. The van der Waals surface area contributed by atoms with Crippen LogP contribution in [-0.2, 0) is 0 Å². The highest BCUT2D eigenvalue weighted by Crippen LogP contribution is 2.39. The normalized spacial score (nSPS) is 10.5. The van der Waals surface area contributed by atoms with Gasteiger partial charge in [0.15, 0.2) is 5.78 Å². The van der Waals surface area contributed by atoms with Gasteiger partial charge in [-0.2, -0.15) is 0 Å². The van der Waals surface area contributed by atoms with E-state index in [-0.39, 0.29) is 38.7 Å². The summed E-state index contributed by atoms with van der Waals surface area (Å²) in [5.41, 5.74) is 0.424. The summed E-state index contributed by atoms with van der Waals surface area (Å²) in [4.78, 5) is 22.6. The smallest absolute Gasteiger partial charge is 0.282 e. The van der Waals surface area contributed by atoms with Crippen LogP contribution in [0.4, 0.5) is 10.1 Å². The summed E-state index contributed by atoms with van der Waals surface area (Å²) in [5, 5.41) is 11.5.